The summed E-state index contributed by atoms with van der Waals surface area (Å²) >= 11 is 5.93. The zero-order valence-corrected chi connectivity index (χ0v) is 11.7. The van der Waals surface area contributed by atoms with E-state index in [9.17, 15) is 10.4 Å². The first-order chi connectivity index (χ1) is 9.63. The number of methoxy groups -OCH3 is 1. The molecule has 0 radical (unpaired) electrons. The van der Waals surface area contributed by atoms with Crippen molar-refractivity contribution in [2.45, 2.75) is 6.10 Å². The normalized spacial score (nSPS) is 12.1. The first kappa shape index (κ1) is 14.5. The third-order valence-electron chi connectivity index (χ3n) is 2.77. The highest BCUT2D eigenvalue weighted by atomic mass is 35.5. The van der Waals surface area contributed by atoms with Crippen molar-refractivity contribution in [1.29, 1.82) is 5.26 Å². The van der Waals surface area contributed by atoms with Crippen molar-refractivity contribution in [3.63, 3.8) is 0 Å². The number of aromatic nitrogens is 1. The number of halogens is 1. The lowest BCUT2D eigenvalue weighted by molar-refractivity contribution is 0.0727. The second-order valence-electron chi connectivity index (χ2n) is 4.32. The molecule has 2 N–H and O–H groups in total. The van der Waals surface area contributed by atoms with Gasteiger partial charge in [-0.05, 0) is 24.3 Å². The summed E-state index contributed by atoms with van der Waals surface area (Å²) in [5.41, 5.74) is 1.17. The lowest BCUT2D eigenvalue weighted by atomic mass is 10.1. The molecule has 1 aromatic heterocycles. The molecule has 6 heteroatoms. The molecule has 5 nitrogen and oxygen atoms in total. The Balaban J connectivity index is 2.28. The summed E-state index contributed by atoms with van der Waals surface area (Å²) in [5, 5.41) is 23.0. The SMILES string of the molecule is COCC(O)CNc1cc(C#N)c2cc(Cl)ccc2n1. The van der Waals surface area contributed by atoms with Crippen molar-refractivity contribution in [3.05, 3.63) is 34.9 Å². The fraction of sp³-hybridized carbons (Fsp3) is 0.286. The number of benzene rings is 1. The van der Waals surface area contributed by atoms with Gasteiger partial charge in [-0.15, -0.1) is 0 Å². The van der Waals surface area contributed by atoms with Crippen LogP contribution in [-0.2, 0) is 4.74 Å². The standard InChI is InChI=1S/C14H14ClN3O2/c1-20-8-11(19)7-17-14-4-9(6-16)12-5-10(15)2-3-13(12)18-14/h2-5,11,19H,7-8H2,1H3,(H,17,18). The summed E-state index contributed by atoms with van der Waals surface area (Å²) in [6.07, 6.45) is -0.631. The van der Waals surface area contributed by atoms with Gasteiger partial charge in [0.05, 0.1) is 29.9 Å². The average molecular weight is 292 g/mol. The van der Waals surface area contributed by atoms with Crippen molar-refractivity contribution >= 4 is 28.3 Å². The molecule has 2 rings (SSSR count). The predicted molar refractivity (Wildman–Crippen MR) is 77.8 cm³/mol. The van der Waals surface area contributed by atoms with E-state index in [2.05, 4.69) is 16.4 Å². The minimum absolute atomic E-state index is 0.237. The molecule has 104 valence electrons. The van der Waals surface area contributed by atoms with Crippen LogP contribution in [0, 0.1) is 11.3 Å². The van der Waals surface area contributed by atoms with Gasteiger partial charge in [0.2, 0.25) is 0 Å². The molecular weight excluding hydrogens is 278 g/mol. The second kappa shape index (κ2) is 6.53. The lowest BCUT2D eigenvalue weighted by Gasteiger charge is -2.12. The molecule has 0 saturated heterocycles. The van der Waals surface area contributed by atoms with E-state index in [0.717, 1.165) is 0 Å². The van der Waals surface area contributed by atoms with Gasteiger partial charge < -0.3 is 15.2 Å². The quantitative estimate of drug-likeness (QED) is 0.883. The van der Waals surface area contributed by atoms with E-state index in [0.29, 0.717) is 33.9 Å². The van der Waals surface area contributed by atoms with Crippen LogP contribution in [-0.4, -0.2) is 36.5 Å². The largest absolute Gasteiger partial charge is 0.389 e. The average Bonchev–Trinajstić information content (AvgIpc) is 2.44. The summed E-state index contributed by atoms with van der Waals surface area (Å²) in [7, 11) is 1.52. The summed E-state index contributed by atoms with van der Waals surface area (Å²) < 4.78 is 4.84. The number of ether oxygens (including phenoxy) is 1. The highest BCUT2D eigenvalue weighted by Crippen LogP contribution is 2.23. The van der Waals surface area contributed by atoms with Crippen LogP contribution in [0.1, 0.15) is 5.56 Å². The number of fused-ring (bicyclic) bond motifs is 1. The van der Waals surface area contributed by atoms with Gasteiger partial charge in [-0.1, -0.05) is 11.6 Å². The molecule has 0 spiro atoms. The number of aliphatic hydroxyl groups excluding tert-OH is 1. The van der Waals surface area contributed by atoms with E-state index in [4.69, 9.17) is 16.3 Å². The van der Waals surface area contributed by atoms with Crippen molar-refractivity contribution in [3.8, 4) is 6.07 Å². The summed E-state index contributed by atoms with van der Waals surface area (Å²) in [4.78, 5) is 4.38. The molecule has 1 unspecified atom stereocenters. The summed E-state index contributed by atoms with van der Waals surface area (Å²) in [6, 6.07) is 8.96. The third kappa shape index (κ3) is 3.36. The van der Waals surface area contributed by atoms with Gasteiger partial charge in [-0.2, -0.15) is 5.26 Å². The summed E-state index contributed by atoms with van der Waals surface area (Å²) in [5.74, 6) is 0.534. The Morgan fingerprint density at radius 3 is 3.00 bits per heavy atom. The third-order valence-corrected chi connectivity index (χ3v) is 3.00. The number of nitriles is 1. The Kier molecular flexibility index (Phi) is 4.74. The Hall–Kier alpha value is -1.87. The Morgan fingerprint density at radius 2 is 2.30 bits per heavy atom. The molecule has 0 aliphatic rings. The number of rotatable bonds is 5. The highest BCUT2D eigenvalue weighted by molar-refractivity contribution is 6.31. The molecule has 0 aliphatic carbocycles. The molecule has 0 bridgehead atoms. The molecule has 1 atom stereocenters. The van der Waals surface area contributed by atoms with E-state index < -0.39 is 6.10 Å². The highest BCUT2D eigenvalue weighted by Gasteiger charge is 2.08. The van der Waals surface area contributed by atoms with E-state index >= 15 is 0 Å². The smallest absolute Gasteiger partial charge is 0.128 e. The van der Waals surface area contributed by atoms with Crippen molar-refractivity contribution in [2.24, 2.45) is 0 Å². The monoisotopic (exact) mass is 291 g/mol. The van der Waals surface area contributed by atoms with Crippen molar-refractivity contribution in [2.75, 3.05) is 25.6 Å². The van der Waals surface area contributed by atoms with Crippen LogP contribution in [0.15, 0.2) is 24.3 Å². The van der Waals surface area contributed by atoms with Gasteiger partial charge >= 0.3 is 0 Å². The Labute approximate surface area is 121 Å². The van der Waals surface area contributed by atoms with Crippen LogP contribution in [0.3, 0.4) is 0 Å². The molecule has 20 heavy (non-hydrogen) atoms. The molecule has 0 fully saturated rings. The topological polar surface area (TPSA) is 78.2 Å². The summed E-state index contributed by atoms with van der Waals surface area (Å²) in [6.45, 7) is 0.534. The van der Waals surface area contributed by atoms with Crippen LogP contribution < -0.4 is 5.32 Å². The maximum absolute atomic E-state index is 9.59. The van der Waals surface area contributed by atoms with E-state index in [-0.39, 0.29) is 6.61 Å². The van der Waals surface area contributed by atoms with Gasteiger partial charge in [0.1, 0.15) is 5.82 Å². The van der Waals surface area contributed by atoms with Crippen LogP contribution in [0.4, 0.5) is 5.82 Å². The molecule has 0 saturated carbocycles. The fourth-order valence-electron chi connectivity index (χ4n) is 1.85. The van der Waals surface area contributed by atoms with Gasteiger partial charge in [0.25, 0.3) is 0 Å². The second-order valence-corrected chi connectivity index (χ2v) is 4.75. The van der Waals surface area contributed by atoms with Gasteiger partial charge in [-0.25, -0.2) is 4.98 Å². The van der Waals surface area contributed by atoms with Crippen LogP contribution in [0.25, 0.3) is 10.9 Å². The Bertz CT molecular complexity index is 655. The number of hydrogen-bond acceptors (Lipinski definition) is 5. The van der Waals surface area contributed by atoms with Gasteiger partial charge in [-0.3, -0.25) is 0 Å². The first-order valence-electron chi connectivity index (χ1n) is 6.05. The van der Waals surface area contributed by atoms with Crippen LogP contribution in [0.5, 0.6) is 0 Å². The first-order valence-corrected chi connectivity index (χ1v) is 6.43. The van der Waals surface area contributed by atoms with E-state index in [1.165, 1.54) is 7.11 Å². The molecule has 1 heterocycles. The predicted octanol–water partition coefficient (Wildman–Crippen LogP) is 2.18. The number of nitrogens with one attached hydrogen (secondary N) is 1. The van der Waals surface area contributed by atoms with E-state index in [1.54, 1.807) is 24.3 Å². The number of aliphatic hydroxyl groups is 1. The fourth-order valence-corrected chi connectivity index (χ4v) is 2.03. The zero-order valence-electron chi connectivity index (χ0n) is 10.9. The van der Waals surface area contributed by atoms with Crippen LogP contribution in [0.2, 0.25) is 5.02 Å². The van der Waals surface area contributed by atoms with Gasteiger partial charge in [0.15, 0.2) is 0 Å². The van der Waals surface area contributed by atoms with Crippen molar-refractivity contribution in [1.82, 2.24) is 4.98 Å². The number of anilines is 1. The molecular formula is C14H14ClN3O2. The number of hydrogen-bond donors (Lipinski definition) is 2. The minimum Gasteiger partial charge on any atom is -0.389 e. The van der Waals surface area contributed by atoms with Crippen LogP contribution >= 0.6 is 11.6 Å². The van der Waals surface area contributed by atoms with Crippen molar-refractivity contribution < 1.29 is 9.84 Å². The van der Waals surface area contributed by atoms with E-state index in [1.807, 2.05) is 0 Å². The van der Waals surface area contributed by atoms with Gasteiger partial charge in [0, 0.05) is 24.1 Å². The maximum Gasteiger partial charge on any atom is 0.128 e. The molecule has 1 aromatic carbocycles. The molecule has 2 aromatic rings. The lowest BCUT2D eigenvalue weighted by Crippen LogP contribution is -2.24. The molecule has 0 aliphatic heterocycles. The maximum atomic E-state index is 9.59. The zero-order chi connectivity index (χ0) is 14.5. The Morgan fingerprint density at radius 1 is 1.50 bits per heavy atom. The molecule has 0 amide bonds. The minimum atomic E-state index is -0.631. The number of pyridine rings is 1. The number of nitrogens with zero attached hydrogens (tertiary/aromatic N) is 2.